The molecule has 0 saturated heterocycles. The summed E-state index contributed by atoms with van der Waals surface area (Å²) in [5, 5.41) is 8.31. The zero-order valence-electron chi connectivity index (χ0n) is 11.9. The van der Waals surface area contributed by atoms with Gasteiger partial charge in [-0.25, -0.2) is 9.59 Å². The molecule has 1 rings (SSSR count). The Hall–Kier alpha value is -1.70. The number of aliphatic carboxylic acids is 1. The van der Waals surface area contributed by atoms with E-state index in [1.165, 1.54) is 21.1 Å². The first kappa shape index (κ1) is 16.4. The lowest BCUT2D eigenvalue weighted by Crippen LogP contribution is -2.52. The molecule has 0 aliphatic rings. The Morgan fingerprint density at radius 1 is 1.20 bits per heavy atom. The molecule has 2 atom stereocenters. The van der Waals surface area contributed by atoms with Gasteiger partial charge in [-0.1, -0.05) is 30.3 Å². The lowest BCUT2D eigenvalue weighted by atomic mass is 9.81. The quantitative estimate of drug-likeness (QED) is 0.461. The van der Waals surface area contributed by atoms with Gasteiger partial charge in [0.25, 0.3) is 0 Å². The Kier molecular flexibility index (Phi) is 5.04. The normalized spacial score (nSPS) is 16.9. The fraction of sp³-hybridized carbons (Fsp3) is 0.385. The van der Waals surface area contributed by atoms with Gasteiger partial charge < -0.3 is 9.84 Å². The summed E-state index contributed by atoms with van der Waals surface area (Å²) in [6.45, 7) is 1.49. The monoisotopic (exact) mass is 298 g/mol. The fourth-order valence-corrected chi connectivity index (χ4v) is 3.00. The van der Waals surface area contributed by atoms with Crippen molar-refractivity contribution in [2.24, 2.45) is 0 Å². The molecule has 0 aliphatic heterocycles. The largest absolute Gasteiger partial charge is 0.479 e. The van der Waals surface area contributed by atoms with E-state index in [1.807, 2.05) is 0 Å². The van der Waals surface area contributed by atoms with Gasteiger partial charge in [-0.2, -0.15) is 4.89 Å². The van der Waals surface area contributed by atoms with Crippen molar-refractivity contribution >= 4 is 22.2 Å². The highest BCUT2D eigenvalue weighted by molar-refractivity contribution is 6.29. The van der Waals surface area contributed by atoms with Crippen molar-refractivity contribution in [2.75, 3.05) is 14.2 Å². The van der Waals surface area contributed by atoms with Crippen molar-refractivity contribution in [1.29, 1.82) is 0 Å². The smallest absolute Gasteiger partial charge is 0.348 e. The molecule has 0 bridgehead atoms. The average Bonchev–Trinajstić information content (AvgIpc) is 2.41. The van der Waals surface area contributed by atoms with Gasteiger partial charge in [-0.05, 0) is 12.5 Å². The third-order valence-electron chi connectivity index (χ3n) is 3.34. The third kappa shape index (κ3) is 2.47. The molecule has 6 nitrogen and oxygen atoms in total. The molecule has 0 radical (unpaired) electrons. The van der Waals surface area contributed by atoms with Crippen LogP contribution in [0.1, 0.15) is 12.5 Å². The number of rotatable bonds is 6. The van der Waals surface area contributed by atoms with Crippen LogP contribution in [0.5, 0.6) is 0 Å². The number of ether oxygens (including phenoxy) is 1. The van der Waals surface area contributed by atoms with Gasteiger partial charge in [-0.3, -0.25) is 4.89 Å². The lowest BCUT2D eigenvalue weighted by Gasteiger charge is -2.40. The van der Waals surface area contributed by atoms with Crippen LogP contribution in [0.2, 0.25) is 5.04 Å². The minimum Gasteiger partial charge on any atom is -0.479 e. The van der Waals surface area contributed by atoms with E-state index in [2.05, 4.69) is 9.78 Å². The second-order valence-electron chi connectivity index (χ2n) is 4.72. The Balaban J connectivity index is 3.47. The van der Waals surface area contributed by atoms with Crippen molar-refractivity contribution in [1.82, 2.24) is 0 Å². The maximum absolute atomic E-state index is 12.1. The number of hydrogen-bond donors (Lipinski definition) is 1. The molecule has 1 aromatic rings. The van der Waals surface area contributed by atoms with Crippen LogP contribution in [-0.4, -0.2) is 41.5 Å². The summed E-state index contributed by atoms with van der Waals surface area (Å²) in [6, 6.07) is 8.34. The number of methoxy groups -OCH3 is 1. The van der Waals surface area contributed by atoms with Crippen LogP contribution in [0.25, 0.3) is 0 Å². The zero-order valence-corrected chi connectivity index (χ0v) is 13.9. The molecule has 110 valence electrons. The van der Waals surface area contributed by atoms with Gasteiger partial charge in [-0.15, -0.1) is 0 Å². The summed E-state index contributed by atoms with van der Waals surface area (Å²) >= 11 is 0. The van der Waals surface area contributed by atoms with E-state index >= 15 is 0 Å². The minimum absolute atomic E-state index is 0.185. The van der Waals surface area contributed by atoms with Crippen molar-refractivity contribution in [2.45, 2.75) is 17.6 Å². The number of carboxylic acid groups (broad SMARTS) is 1. The predicted molar refractivity (Wildman–Crippen MR) is 74.2 cm³/mol. The Labute approximate surface area is 120 Å². The summed E-state index contributed by atoms with van der Waals surface area (Å²) in [7, 11) is 2.63. The molecule has 20 heavy (non-hydrogen) atoms. The SMILES string of the molecule is COOC(=O)C(C)([SiH3])C(OC)(C(=O)O)c1ccccc1. The standard InChI is InChI=1S/C13H18O6Si/c1-12(20,11(16)19-18-3)13(17-2,10(14)15)9-7-5-4-6-8-9/h4-8H,1-3,20H3,(H,14,15). The van der Waals surface area contributed by atoms with Gasteiger partial charge in [0.2, 0.25) is 5.60 Å². The van der Waals surface area contributed by atoms with Crippen molar-refractivity contribution in [3.05, 3.63) is 35.9 Å². The second-order valence-corrected chi connectivity index (χ2v) is 6.72. The number of carbonyl (C=O) groups is 2. The van der Waals surface area contributed by atoms with Crippen molar-refractivity contribution in [3.8, 4) is 0 Å². The van der Waals surface area contributed by atoms with Gasteiger partial charge in [0.15, 0.2) is 0 Å². The highest BCUT2D eigenvalue weighted by Gasteiger charge is 2.59. The molecule has 0 aromatic heterocycles. The van der Waals surface area contributed by atoms with E-state index in [4.69, 9.17) is 4.74 Å². The van der Waals surface area contributed by atoms with Crippen molar-refractivity contribution < 1.29 is 29.2 Å². The highest BCUT2D eigenvalue weighted by Crippen LogP contribution is 2.47. The van der Waals surface area contributed by atoms with Crippen LogP contribution in [0, 0.1) is 0 Å². The predicted octanol–water partition coefficient (Wildman–Crippen LogP) is 0.261. The molecule has 1 aromatic carbocycles. The average molecular weight is 298 g/mol. The summed E-state index contributed by atoms with van der Waals surface area (Å²) in [4.78, 5) is 32.9. The number of carbonyl (C=O) groups excluding carboxylic acids is 1. The Morgan fingerprint density at radius 2 is 1.75 bits per heavy atom. The summed E-state index contributed by atoms with van der Waals surface area (Å²) in [5.74, 6) is -2.03. The summed E-state index contributed by atoms with van der Waals surface area (Å²) < 4.78 is 5.30. The fourth-order valence-electron chi connectivity index (χ4n) is 2.21. The molecule has 0 amide bonds. The first-order valence-electron chi connectivity index (χ1n) is 5.93. The Bertz CT molecular complexity index is 487. The van der Waals surface area contributed by atoms with E-state index in [0.717, 1.165) is 0 Å². The van der Waals surface area contributed by atoms with Gasteiger partial charge in [0, 0.05) is 17.4 Å². The zero-order chi connectivity index (χ0) is 15.4. The molecule has 7 heteroatoms. The maximum atomic E-state index is 12.1. The van der Waals surface area contributed by atoms with Crippen LogP contribution < -0.4 is 0 Å². The highest BCUT2D eigenvalue weighted by atomic mass is 28.1. The Morgan fingerprint density at radius 3 is 2.15 bits per heavy atom. The van der Waals surface area contributed by atoms with Crippen LogP contribution >= 0.6 is 0 Å². The summed E-state index contributed by atoms with van der Waals surface area (Å²) in [5.41, 5.74) is -1.45. The van der Waals surface area contributed by atoms with E-state index in [9.17, 15) is 14.7 Å². The molecule has 0 spiro atoms. The number of carboxylic acids is 1. The van der Waals surface area contributed by atoms with Crippen LogP contribution in [0.3, 0.4) is 0 Å². The summed E-state index contributed by atoms with van der Waals surface area (Å²) in [6.07, 6.45) is 0. The number of benzene rings is 1. The number of hydrogen-bond acceptors (Lipinski definition) is 5. The lowest BCUT2D eigenvalue weighted by molar-refractivity contribution is -0.263. The molecule has 0 saturated carbocycles. The van der Waals surface area contributed by atoms with Gasteiger partial charge in [0.05, 0.1) is 12.1 Å². The molecular formula is C13H18O6Si. The van der Waals surface area contributed by atoms with Crippen LogP contribution in [0.15, 0.2) is 30.3 Å². The van der Waals surface area contributed by atoms with Crippen LogP contribution in [-0.2, 0) is 29.7 Å². The van der Waals surface area contributed by atoms with E-state index in [1.54, 1.807) is 30.3 Å². The molecule has 0 fully saturated rings. The molecule has 0 aliphatic carbocycles. The van der Waals surface area contributed by atoms with E-state index in [-0.39, 0.29) is 10.2 Å². The first-order valence-corrected chi connectivity index (χ1v) is 6.93. The van der Waals surface area contributed by atoms with E-state index < -0.39 is 22.6 Å². The molecular weight excluding hydrogens is 280 g/mol. The maximum Gasteiger partial charge on any atom is 0.348 e. The molecule has 2 unspecified atom stereocenters. The second kappa shape index (κ2) is 6.17. The van der Waals surface area contributed by atoms with Gasteiger partial charge in [0.1, 0.15) is 0 Å². The molecule has 1 N–H and O–H groups in total. The molecule has 0 heterocycles. The van der Waals surface area contributed by atoms with Crippen LogP contribution in [0.4, 0.5) is 0 Å². The first-order chi connectivity index (χ1) is 9.34. The third-order valence-corrected chi connectivity index (χ3v) is 4.45. The van der Waals surface area contributed by atoms with E-state index in [0.29, 0.717) is 5.56 Å². The van der Waals surface area contributed by atoms with Crippen molar-refractivity contribution in [3.63, 3.8) is 0 Å². The topological polar surface area (TPSA) is 82.1 Å². The minimum atomic E-state index is -1.82. The van der Waals surface area contributed by atoms with Gasteiger partial charge >= 0.3 is 11.9 Å².